The number of aromatic nitrogens is 3. The van der Waals surface area contributed by atoms with Crippen LogP contribution in [-0.2, 0) is 4.74 Å². The van der Waals surface area contributed by atoms with E-state index in [0.717, 1.165) is 60.1 Å². The van der Waals surface area contributed by atoms with Crippen molar-refractivity contribution in [3.05, 3.63) is 72.3 Å². The van der Waals surface area contributed by atoms with Gasteiger partial charge < -0.3 is 15.0 Å². The van der Waals surface area contributed by atoms with Gasteiger partial charge in [0.2, 0.25) is 0 Å². The smallest absolute Gasteiger partial charge is 0.132 e. The fourth-order valence-corrected chi connectivity index (χ4v) is 3.88. The Labute approximate surface area is 179 Å². The van der Waals surface area contributed by atoms with E-state index in [1.165, 1.54) is 12.1 Å². The lowest BCUT2D eigenvalue weighted by Crippen LogP contribution is -2.36. The van der Waals surface area contributed by atoms with Crippen molar-refractivity contribution in [2.45, 2.75) is 6.92 Å². The fraction of sp³-hybridized carbons (Fsp3) is 0.208. The standard InChI is InChI=1S/C24H22FN5O/c1-16-23(29-22-15-18(7-9-27-22)30-10-12-31-13-11-30)19-6-5-17(25)14-21(19)28-24(16)20-4-2-3-8-26-20/h2-9,14-15H,10-13H2,1H3,(H,27,28,29). The SMILES string of the molecule is Cc1c(-c2ccccn2)nc2cc(F)ccc2c1Nc1cc(N2CCOCC2)ccn1. The quantitative estimate of drug-likeness (QED) is 0.520. The molecule has 0 radical (unpaired) electrons. The minimum Gasteiger partial charge on any atom is -0.378 e. The molecule has 0 aliphatic carbocycles. The molecule has 1 aromatic carbocycles. The molecule has 4 aromatic rings. The van der Waals surface area contributed by atoms with Crippen molar-refractivity contribution in [2.24, 2.45) is 0 Å². The van der Waals surface area contributed by atoms with Crippen LogP contribution in [0, 0.1) is 12.7 Å². The normalized spacial score (nSPS) is 14.1. The first-order valence-corrected chi connectivity index (χ1v) is 10.3. The third-order valence-electron chi connectivity index (χ3n) is 5.47. The summed E-state index contributed by atoms with van der Waals surface area (Å²) in [5, 5.41) is 4.30. The van der Waals surface area contributed by atoms with Crippen molar-refractivity contribution in [1.29, 1.82) is 0 Å². The number of halogens is 1. The van der Waals surface area contributed by atoms with Crippen molar-refractivity contribution < 1.29 is 9.13 Å². The number of fused-ring (bicyclic) bond motifs is 1. The van der Waals surface area contributed by atoms with E-state index in [-0.39, 0.29) is 5.82 Å². The molecule has 6 nitrogen and oxygen atoms in total. The Morgan fingerprint density at radius 2 is 1.87 bits per heavy atom. The second kappa shape index (κ2) is 8.28. The molecule has 5 rings (SSSR count). The molecule has 0 spiro atoms. The molecule has 1 N–H and O–H groups in total. The second-order valence-corrected chi connectivity index (χ2v) is 7.46. The maximum atomic E-state index is 14.0. The van der Waals surface area contributed by atoms with Crippen LogP contribution < -0.4 is 10.2 Å². The third-order valence-corrected chi connectivity index (χ3v) is 5.47. The molecular weight excluding hydrogens is 393 g/mol. The van der Waals surface area contributed by atoms with Crippen LogP contribution in [-0.4, -0.2) is 41.3 Å². The van der Waals surface area contributed by atoms with Crippen molar-refractivity contribution in [3.8, 4) is 11.4 Å². The Morgan fingerprint density at radius 3 is 2.68 bits per heavy atom. The fourth-order valence-electron chi connectivity index (χ4n) is 3.88. The minimum atomic E-state index is -0.325. The molecule has 0 bridgehead atoms. The van der Waals surface area contributed by atoms with Crippen LogP contribution in [0.1, 0.15) is 5.56 Å². The number of pyridine rings is 3. The van der Waals surface area contributed by atoms with Crippen LogP contribution >= 0.6 is 0 Å². The lowest BCUT2D eigenvalue weighted by molar-refractivity contribution is 0.122. The Morgan fingerprint density at radius 1 is 1.00 bits per heavy atom. The van der Waals surface area contributed by atoms with Gasteiger partial charge in [-0.3, -0.25) is 4.98 Å². The Bertz CT molecular complexity index is 1230. The molecular formula is C24H22FN5O. The van der Waals surface area contributed by atoms with E-state index in [2.05, 4.69) is 20.2 Å². The minimum absolute atomic E-state index is 0.325. The number of anilines is 3. The van der Waals surface area contributed by atoms with Crippen molar-refractivity contribution in [1.82, 2.24) is 15.0 Å². The largest absolute Gasteiger partial charge is 0.378 e. The molecule has 0 atom stereocenters. The number of benzene rings is 1. The zero-order chi connectivity index (χ0) is 21.2. The lowest BCUT2D eigenvalue weighted by atomic mass is 10.0. The molecule has 156 valence electrons. The van der Waals surface area contributed by atoms with Crippen LogP contribution in [0.3, 0.4) is 0 Å². The topological polar surface area (TPSA) is 63.2 Å². The number of hydrogen-bond acceptors (Lipinski definition) is 6. The summed E-state index contributed by atoms with van der Waals surface area (Å²) in [6, 6.07) is 14.4. The highest BCUT2D eigenvalue weighted by Crippen LogP contribution is 2.35. The highest BCUT2D eigenvalue weighted by atomic mass is 19.1. The van der Waals surface area contributed by atoms with Crippen molar-refractivity contribution in [3.63, 3.8) is 0 Å². The Kier molecular flexibility index (Phi) is 5.18. The summed E-state index contributed by atoms with van der Waals surface area (Å²) in [7, 11) is 0. The molecule has 1 fully saturated rings. The summed E-state index contributed by atoms with van der Waals surface area (Å²) in [6.45, 7) is 5.14. The van der Waals surface area contributed by atoms with E-state index < -0.39 is 0 Å². The van der Waals surface area contributed by atoms with E-state index in [0.29, 0.717) is 11.2 Å². The van der Waals surface area contributed by atoms with Gasteiger partial charge in [0.25, 0.3) is 0 Å². The van der Waals surface area contributed by atoms with Gasteiger partial charge in [0.05, 0.1) is 35.8 Å². The summed E-state index contributed by atoms with van der Waals surface area (Å²) in [4.78, 5) is 16.0. The number of rotatable bonds is 4. The molecule has 1 aliphatic heterocycles. The van der Waals surface area contributed by atoms with Crippen molar-refractivity contribution >= 4 is 28.1 Å². The number of hydrogen-bond donors (Lipinski definition) is 1. The van der Waals surface area contributed by atoms with Gasteiger partial charge >= 0.3 is 0 Å². The third kappa shape index (κ3) is 3.92. The van der Waals surface area contributed by atoms with Gasteiger partial charge in [-0.05, 0) is 37.3 Å². The molecule has 0 saturated carbocycles. The molecule has 7 heteroatoms. The van der Waals surface area contributed by atoms with Gasteiger partial charge in [0.15, 0.2) is 0 Å². The molecule has 0 amide bonds. The summed E-state index contributed by atoms with van der Waals surface area (Å²) in [6.07, 6.45) is 3.53. The predicted molar refractivity (Wildman–Crippen MR) is 120 cm³/mol. The Hall–Kier alpha value is -3.58. The number of nitrogens with zero attached hydrogens (tertiary/aromatic N) is 4. The number of nitrogens with one attached hydrogen (secondary N) is 1. The first kappa shape index (κ1) is 19.4. The van der Waals surface area contributed by atoms with E-state index >= 15 is 0 Å². The first-order valence-electron chi connectivity index (χ1n) is 10.3. The summed E-state index contributed by atoms with van der Waals surface area (Å²) in [5.41, 5.74) is 4.88. The maximum absolute atomic E-state index is 14.0. The monoisotopic (exact) mass is 415 g/mol. The summed E-state index contributed by atoms with van der Waals surface area (Å²) in [5.74, 6) is 0.394. The molecule has 1 aliphatic rings. The van der Waals surface area contributed by atoms with Crippen LogP contribution in [0.5, 0.6) is 0 Å². The molecule has 1 saturated heterocycles. The zero-order valence-electron chi connectivity index (χ0n) is 17.2. The molecule has 0 unspecified atom stereocenters. The molecule has 3 aromatic heterocycles. The van der Waals surface area contributed by atoms with Crippen LogP contribution in [0.2, 0.25) is 0 Å². The lowest BCUT2D eigenvalue weighted by Gasteiger charge is -2.29. The van der Waals surface area contributed by atoms with Gasteiger partial charge in [-0.2, -0.15) is 0 Å². The highest BCUT2D eigenvalue weighted by molar-refractivity contribution is 5.97. The van der Waals surface area contributed by atoms with Gasteiger partial charge in [-0.15, -0.1) is 0 Å². The first-order chi connectivity index (χ1) is 15.2. The van der Waals surface area contributed by atoms with Crippen LogP contribution in [0.25, 0.3) is 22.3 Å². The van der Waals surface area contributed by atoms with Gasteiger partial charge in [-0.1, -0.05) is 6.07 Å². The van der Waals surface area contributed by atoms with Crippen molar-refractivity contribution in [2.75, 3.05) is 36.5 Å². The zero-order valence-corrected chi connectivity index (χ0v) is 17.2. The summed E-state index contributed by atoms with van der Waals surface area (Å²) < 4.78 is 19.4. The Balaban J connectivity index is 1.60. The van der Waals surface area contributed by atoms with Gasteiger partial charge in [0.1, 0.15) is 11.6 Å². The maximum Gasteiger partial charge on any atom is 0.132 e. The van der Waals surface area contributed by atoms with E-state index in [1.807, 2.05) is 37.3 Å². The van der Waals surface area contributed by atoms with Crippen LogP contribution in [0.4, 0.5) is 21.6 Å². The number of morpholine rings is 1. The molecule has 31 heavy (non-hydrogen) atoms. The average molecular weight is 415 g/mol. The number of ether oxygens (including phenoxy) is 1. The van der Waals surface area contributed by atoms with E-state index in [4.69, 9.17) is 9.72 Å². The van der Waals surface area contributed by atoms with Crippen LogP contribution in [0.15, 0.2) is 60.9 Å². The average Bonchev–Trinajstić information content (AvgIpc) is 2.82. The van der Waals surface area contributed by atoms with Gasteiger partial charge in [-0.25, -0.2) is 14.4 Å². The second-order valence-electron chi connectivity index (χ2n) is 7.46. The van der Waals surface area contributed by atoms with E-state index in [9.17, 15) is 4.39 Å². The van der Waals surface area contributed by atoms with Gasteiger partial charge in [0, 0.05) is 54.3 Å². The predicted octanol–water partition coefficient (Wildman–Crippen LogP) is 4.72. The highest BCUT2D eigenvalue weighted by Gasteiger charge is 2.17. The van der Waals surface area contributed by atoms with E-state index in [1.54, 1.807) is 18.5 Å². The summed E-state index contributed by atoms with van der Waals surface area (Å²) >= 11 is 0. The molecule has 4 heterocycles.